The predicted octanol–water partition coefficient (Wildman–Crippen LogP) is -0.0155. The van der Waals surface area contributed by atoms with Crippen LogP contribution in [-0.4, -0.2) is 56.0 Å². The van der Waals surface area contributed by atoms with Crippen molar-refractivity contribution in [1.29, 1.82) is 0 Å². The Balaban J connectivity index is 0.00000533. The van der Waals surface area contributed by atoms with Crippen molar-refractivity contribution >= 4 is 18.0 Å². The van der Waals surface area contributed by atoms with Crippen LogP contribution in [0.3, 0.4) is 0 Å². The topological polar surface area (TPSA) is 119 Å². The Kier molecular flexibility index (Phi) is 12.1. The van der Waals surface area contributed by atoms with E-state index < -0.39 is 30.4 Å². The summed E-state index contributed by atoms with van der Waals surface area (Å²) in [6.45, 7) is 6.20. The normalized spacial score (nSPS) is 12.8. The van der Waals surface area contributed by atoms with E-state index in [1.165, 1.54) is 35.0 Å². The number of aliphatic carboxylic acids is 1. The Bertz CT molecular complexity index is 1310. The first-order chi connectivity index (χ1) is 18.0. The fourth-order valence-electron chi connectivity index (χ4n) is 4.24. The molecule has 0 aliphatic rings. The summed E-state index contributed by atoms with van der Waals surface area (Å²) in [6, 6.07) is 13.4. The molecule has 202 valence electrons. The molecule has 0 radical (unpaired) electrons. The van der Waals surface area contributed by atoms with Crippen LogP contribution < -0.4 is 34.7 Å². The maximum atomic E-state index is 13.6. The summed E-state index contributed by atoms with van der Waals surface area (Å²) in [5.74, 6) is -2.27. The van der Waals surface area contributed by atoms with Gasteiger partial charge in [-0.2, -0.15) is 5.10 Å². The van der Waals surface area contributed by atoms with Crippen molar-refractivity contribution < 1.29 is 58.9 Å². The van der Waals surface area contributed by atoms with Crippen LogP contribution >= 0.6 is 0 Å². The monoisotopic (exact) mass is 545 g/mol. The Hall–Kier alpha value is -2.82. The van der Waals surface area contributed by atoms with E-state index in [9.17, 15) is 29.3 Å². The number of carbonyl (C=O) groups is 2. The van der Waals surface area contributed by atoms with Gasteiger partial charge in [-0.05, 0) is 54.3 Å². The summed E-state index contributed by atoms with van der Waals surface area (Å²) in [6.07, 6.45) is -0.256. The average Bonchev–Trinajstić information content (AvgIpc) is 3.23. The third-order valence-electron chi connectivity index (χ3n) is 6.22. The molecule has 3 rings (SSSR count). The zero-order chi connectivity index (χ0) is 28.0. The SMILES string of the molecule is Cc1ccccc1CN(C)C(=O)c1nn(-c2ccc(F)cc2)c(C=C[C@H](O)C[C@@H](O)CC(=O)[O-])c1C(C)C.[Na+]. The molecular weight excluding hydrogens is 512 g/mol. The molecule has 0 saturated heterocycles. The van der Waals surface area contributed by atoms with Crippen molar-refractivity contribution in [2.24, 2.45) is 0 Å². The molecule has 2 atom stereocenters. The predicted molar refractivity (Wildman–Crippen MR) is 140 cm³/mol. The maximum absolute atomic E-state index is 13.6. The largest absolute Gasteiger partial charge is 1.00 e. The average molecular weight is 546 g/mol. The van der Waals surface area contributed by atoms with E-state index in [4.69, 9.17) is 0 Å². The molecule has 0 fully saturated rings. The van der Waals surface area contributed by atoms with Crippen molar-refractivity contribution in [2.45, 2.75) is 58.3 Å². The number of halogens is 1. The van der Waals surface area contributed by atoms with Gasteiger partial charge >= 0.3 is 29.6 Å². The standard InChI is InChI=1S/C29H34FN3O5.Na/c1-18(2)27-25(14-13-23(34)15-24(35)16-26(36)37)33(22-11-9-21(30)10-12-22)31-28(27)29(38)32(4)17-20-8-6-5-7-19(20)3;/h5-14,18,23-24,34-35H,15-17H2,1-4H3,(H,36,37);/q;+1/p-1/t23-,24+;/m0./s1. The number of carboxylic acid groups (broad SMARTS) is 1. The van der Waals surface area contributed by atoms with Gasteiger partial charge in [0.2, 0.25) is 0 Å². The molecule has 0 aliphatic heterocycles. The molecule has 1 heterocycles. The zero-order valence-corrected chi connectivity index (χ0v) is 25.0. The van der Waals surface area contributed by atoms with Crippen LogP contribution in [-0.2, 0) is 11.3 Å². The second-order valence-electron chi connectivity index (χ2n) is 9.67. The van der Waals surface area contributed by atoms with Crippen LogP contribution in [0.2, 0.25) is 0 Å². The summed E-state index contributed by atoms with van der Waals surface area (Å²) in [5, 5.41) is 35.6. The number of hydrogen-bond donors (Lipinski definition) is 2. The molecule has 0 spiro atoms. The molecule has 8 nitrogen and oxygen atoms in total. The van der Waals surface area contributed by atoms with Gasteiger partial charge in [0.05, 0.1) is 23.6 Å². The van der Waals surface area contributed by atoms with Gasteiger partial charge < -0.3 is 25.0 Å². The van der Waals surface area contributed by atoms with E-state index >= 15 is 0 Å². The van der Waals surface area contributed by atoms with Crippen LogP contribution in [0, 0.1) is 12.7 Å². The third-order valence-corrected chi connectivity index (χ3v) is 6.22. The molecule has 2 N–H and O–H groups in total. The number of benzene rings is 2. The molecule has 39 heavy (non-hydrogen) atoms. The first kappa shape index (κ1) is 32.4. The van der Waals surface area contributed by atoms with Crippen LogP contribution in [0.1, 0.15) is 65.5 Å². The van der Waals surface area contributed by atoms with E-state index in [1.807, 2.05) is 45.0 Å². The second kappa shape index (κ2) is 14.5. The zero-order valence-electron chi connectivity index (χ0n) is 23.0. The van der Waals surface area contributed by atoms with Crippen molar-refractivity contribution in [3.05, 3.63) is 88.5 Å². The molecule has 2 aromatic carbocycles. The minimum atomic E-state index is -1.41. The number of hydrogen-bond acceptors (Lipinski definition) is 6. The summed E-state index contributed by atoms with van der Waals surface area (Å²) in [4.78, 5) is 26.0. The van der Waals surface area contributed by atoms with Gasteiger partial charge in [-0.3, -0.25) is 4.79 Å². The molecule has 1 aromatic heterocycles. The van der Waals surface area contributed by atoms with Crippen molar-refractivity contribution in [1.82, 2.24) is 14.7 Å². The van der Waals surface area contributed by atoms with Crippen molar-refractivity contribution in [2.75, 3.05) is 7.05 Å². The van der Waals surface area contributed by atoms with E-state index in [2.05, 4.69) is 5.10 Å². The molecule has 0 saturated carbocycles. The first-order valence-electron chi connectivity index (χ1n) is 12.4. The molecule has 1 amide bonds. The van der Waals surface area contributed by atoms with Gasteiger partial charge in [-0.15, -0.1) is 0 Å². The van der Waals surface area contributed by atoms with Gasteiger partial charge in [0.25, 0.3) is 5.91 Å². The van der Waals surface area contributed by atoms with Crippen molar-refractivity contribution in [3.63, 3.8) is 0 Å². The minimum Gasteiger partial charge on any atom is -0.550 e. The fourth-order valence-corrected chi connectivity index (χ4v) is 4.24. The number of aryl methyl sites for hydroxylation is 1. The summed E-state index contributed by atoms with van der Waals surface area (Å²) >= 11 is 0. The maximum Gasteiger partial charge on any atom is 1.00 e. The number of aromatic nitrogens is 2. The van der Waals surface area contributed by atoms with Gasteiger partial charge in [0.15, 0.2) is 5.69 Å². The summed E-state index contributed by atoms with van der Waals surface area (Å²) in [7, 11) is 1.70. The number of aliphatic hydroxyl groups excluding tert-OH is 2. The quantitative estimate of drug-likeness (QED) is 0.327. The molecule has 0 aliphatic carbocycles. The summed E-state index contributed by atoms with van der Waals surface area (Å²) in [5.41, 5.74) is 3.95. The van der Waals surface area contributed by atoms with E-state index in [0.29, 0.717) is 23.5 Å². The van der Waals surface area contributed by atoms with Gasteiger partial charge in [-0.25, -0.2) is 9.07 Å². The summed E-state index contributed by atoms with van der Waals surface area (Å²) < 4.78 is 15.2. The number of carbonyl (C=O) groups excluding carboxylic acids is 2. The Morgan fingerprint density at radius 1 is 1.13 bits per heavy atom. The van der Waals surface area contributed by atoms with E-state index in [1.54, 1.807) is 18.0 Å². The smallest absolute Gasteiger partial charge is 0.550 e. The van der Waals surface area contributed by atoms with Gasteiger partial charge in [0, 0.05) is 38.0 Å². The fraction of sp³-hybridized carbons (Fsp3) is 0.345. The number of carboxylic acids is 1. The molecule has 3 aromatic rings. The molecule has 10 heteroatoms. The van der Waals surface area contributed by atoms with E-state index in [-0.39, 0.29) is 53.5 Å². The minimum absolute atomic E-state index is 0. The van der Waals surface area contributed by atoms with Gasteiger partial charge in [0.1, 0.15) is 5.82 Å². The van der Waals surface area contributed by atoms with Gasteiger partial charge in [-0.1, -0.05) is 44.2 Å². The van der Waals surface area contributed by atoms with Crippen LogP contribution in [0.4, 0.5) is 4.39 Å². The third kappa shape index (κ3) is 8.58. The van der Waals surface area contributed by atoms with E-state index in [0.717, 1.165) is 11.1 Å². The Labute approximate surface area is 250 Å². The first-order valence-corrected chi connectivity index (χ1v) is 12.4. The Morgan fingerprint density at radius 2 is 1.77 bits per heavy atom. The molecule has 0 bridgehead atoms. The molecular formula is C29H33FN3NaO5. The van der Waals surface area contributed by atoms with Crippen LogP contribution in [0.5, 0.6) is 0 Å². The number of rotatable bonds is 11. The number of nitrogens with zero attached hydrogens (tertiary/aromatic N) is 3. The van der Waals surface area contributed by atoms with Crippen LogP contribution in [0.15, 0.2) is 54.6 Å². The molecule has 0 unspecified atom stereocenters. The Morgan fingerprint density at radius 3 is 2.36 bits per heavy atom. The number of amides is 1. The number of aliphatic hydroxyl groups is 2. The van der Waals surface area contributed by atoms with Crippen molar-refractivity contribution in [3.8, 4) is 5.69 Å². The second-order valence-corrected chi connectivity index (χ2v) is 9.67. The van der Waals surface area contributed by atoms with Crippen LogP contribution in [0.25, 0.3) is 11.8 Å².